The van der Waals surface area contributed by atoms with Crippen LogP contribution in [0.5, 0.6) is 0 Å². The molecule has 0 atom stereocenters. The van der Waals surface area contributed by atoms with E-state index in [4.69, 9.17) is 4.74 Å². The molecule has 7 heteroatoms. The highest BCUT2D eigenvalue weighted by molar-refractivity contribution is 5.94. The fourth-order valence-corrected chi connectivity index (χ4v) is 1.66. The van der Waals surface area contributed by atoms with Crippen molar-refractivity contribution in [3.8, 4) is 0 Å². The predicted molar refractivity (Wildman–Crippen MR) is 77.2 cm³/mol. The number of nitrogens with one attached hydrogen (secondary N) is 2. The second-order valence-corrected chi connectivity index (χ2v) is 4.15. The first-order valence-corrected chi connectivity index (χ1v) is 6.27. The first kappa shape index (κ1) is 14.6. The number of aromatic amines is 1. The number of amides is 1. The van der Waals surface area contributed by atoms with E-state index in [1.54, 1.807) is 24.3 Å². The first-order chi connectivity index (χ1) is 10.1. The summed E-state index contributed by atoms with van der Waals surface area (Å²) in [5.41, 5.74) is 1.63. The Kier molecular flexibility index (Phi) is 4.55. The Morgan fingerprint density at radius 3 is 3.00 bits per heavy atom. The van der Waals surface area contributed by atoms with E-state index in [-0.39, 0.29) is 5.95 Å². The number of anilines is 1. The van der Waals surface area contributed by atoms with E-state index in [0.717, 1.165) is 0 Å². The molecule has 0 fully saturated rings. The van der Waals surface area contributed by atoms with Crippen molar-refractivity contribution in [3.63, 3.8) is 0 Å². The number of carbonyl (C=O) groups is 2. The molecule has 0 spiro atoms. The molecule has 0 saturated heterocycles. The van der Waals surface area contributed by atoms with E-state index in [1.807, 2.05) is 0 Å². The zero-order valence-electron chi connectivity index (χ0n) is 11.5. The van der Waals surface area contributed by atoms with Crippen LogP contribution in [0.1, 0.15) is 16.8 Å². The number of hydrogen-bond donors (Lipinski definition) is 2. The second-order valence-electron chi connectivity index (χ2n) is 4.15. The molecule has 21 heavy (non-hydrogen) atoms. The zero-order valence-corrected chi connectivity index (χ0v) is 11.5. The Labute approximate surface area is 121 Å². The first-order valence-electron chi connectivity index (χ1n) is 6.27. The van der Waals surface area contributed by atoms with Crippen LogP contribution in [-0.4, -0.2) is 35.7 Å². The number of H-pyrrole nitrogens is 1. The van der Waals surface area contributed by atoms with E-state index in [9.17, 15) is 9.59 Å². The number of esters is 1. The van der Waals surface area contributed by atoms with Gasteiger partial charge < -0.3 is 14.5 Å². The standard InChI is InChI=1S/C14H15N3O4/c1-3-4-7-21-12(18)9-5-6-10-11(8-9)16-13(15-10)17-14(19)20-2/h3,5-6,8H,1,4,7H2,2H3,(H2,15,16,17,19). The van der Waals surface area contributed by atoms with E-state index >= 15 is 0 Å². The molecule has 1 heterocycles. The van der Waals surface area contributed by atoms with Gasteiger partial charge in [0.15, 0.2) is 0 Å². The summed E-state index contributed by atoms with van der Waals surface area (Å²) in [4.78, 5) is 29.9. The number of benzene rings is 1. The van der Waals surface area contributed by atoms with E-state index < -0.39 is 12.1 Å². The topological polar surface area (TPSA) is 93.3 Å². The minimum absolute atomic E-state index is 0.244. The van der Waals surface area contributed by atoms with Crippen LogP contribution >= 0.6 is 0 Å². The average molecular weight is 289 g/mol. The van der Waals surface area contributed by atoms with Crippen LogP contribution in [0.2, 0.25) is 0 Å². The highest BCUT2D eigenvalue weighted by Crippen LogP contribution is 2.17. The third kappa shape index (κ3) is 3.59. The van der Waals surface area contributed by atoms with Gasteiger partial charge in [-0.25, -0.2) is 14.6 Å². The Morgan fingerprint density at radius 1 is 1.48 bits per heavy atom. The summed E-state index contributed by atoms with van der Waals surface area (Å²) in [5, 5.41) is 2.42. The molecule has 0 radical (unpaired) electrons. The number of rotatable bonds is 5. The lowest BCUT2D eigenvalue weighted by Crippen LogP contribution is -2.11. The Morgan fingerprint density at radius 2 is 2.29 bits per heavy atom. The SMILES string of the molecule is C=CCCOC(=O)c1ccc2nc(NC(=O)OC)[nH]c2c1. The highest BCUT2D eigenvalue weighted by atomic mass is 16.5. The van der Waals surface area contributed by atoms with Gasteiger partial charge in [0.2, 0.25) is 5.95 Å². The molecule has 2 rings (SSSR count). The largest absolute Gasteiger partial charge is 0.462 e. The maximum absolute atomic E-state index is 11.8. The van der Waals surface area contributed by atoms with Gasteiger partial charge in [-0.2, -0.15) is 0 Å². The molecule has 110 valence electrons. The normalized spacial score (nSPS) is 10.1. The summed E-state index contributed by atoms with van der Waals surface area (Å²) >= 11 is 0. The van der Waals surface area contributed by atoms with Crippen molar-refractivity contribution in [2.24, 2.45) is 0 Å². The maximum atomic E-state index is 11.8. The Bertz CT molecular complexity index is 678. The molecule has 0 aliphatic rings. The van der Waals surface area contributed by atoms with Crippen molar-refractivity contribution in [1.82, 2.24) is 9.97 Å². The van der Waals surface area contributed by atoms with Crippen LogP contribution in [0.25, 0.3) is 11.0 Å². The van der Waals surface area contributed by atoms with Crippen molar-refractivity contribution < 1.29 is 19.1 Å². The van der Waals surface area contributed by atoms with Gasteiger partial charge >= 0.3 is 12.1 Å². The van der Waals surface area contributed by atoms with Crippen LogP contribution in [0.15, 0.2) is 30.9 Å². The molecule has 1 amide bonds. The number of imidazole rings is 1. The average Bonchev–Trinajstić information content (AvgIpc) is 2.88. The highest BCUT2D eigenvalue weighted by Gasteiger charge is 2.11. The second kappa shape index (κ2) is 6.56. The number of ether oxygens (including phenoxy) is 2. The van der Waals surface area contributed by atoms with Crippen molar-refractivity contribution >= 4 is 29.0 Å². The molecule has 2 N–H and O–H groups in total. The third-order valence-corrected chi connectivity index (χ3v) is 2.68. The summed E-state index contributed by atoms with van der Waals surface area (Å²) < 4.78 is 9.55. The minimum Gasteiger partial charge on any atom is -0.462 e. The predicted octanol–water partition coefficient (Wildman–Crippen LogP) is 2.47. The number of carbonyl (C=O) groups excluding carboxylic acids is 2. The fourth-order valence-electron chi connectivity index (χ4n) is 1.66. The molecule has 0 aliphatic carbocycles. The van der Waals surface area contributed by atoms with Gasteiger partial charge in [0.05, 0.1) is 30.3 Å². The number of nitrogens with zero attached hydrogens (tertiary/aromatic N) is 1. The number of methoxy groups -OCH3 is 1. The Hall–Kier alpha value is -2.83. The van der Waals surface area contributed by atoms with E-state index in [1.165, 1.54) is 7.11 Å². The molecule has 2 aromatic rings. The van der Waals surface area contributed by atoms with Gasteiger partial charge in [-0.3, -0.25) is 5.32 Å². The summed E-state index contributed by atoms with van der Waals surface area (Å²) in [6.45, 7) is 3.85. The quantitative estimate of drug-likeness (QED) is 0.501. The van der Waals surface area contributed by atoms with Crippen LogP contribution in [0.3, 0.4) is 0 Å². The van der Waals surface area contributed by atoms with Gasteiger partial charge in [0, 0.05) is 0 Å². The van der Waals surface area contributed by atoms with Gasteiger partial charge in [0.1, 0.15) is 0 Å². The van der Waals surface area contributed by atoms with Crippen LogP contribution in [-0.2, 0) is 9.47 Å². The van der Waals surface area contributed by atoms with Gasteiger partial charge in [0.25, 0.3) is 0 Å². The van der Waals surface area contributed by atoms with Crippen LogP contribution in [0.4, 0.5) is 10.7 Å². The van der Waals surface area contributed by atoms with Gasteiger partial charge in [-0.1, -0.05) is 6.08 Å². The number of aromatic nitrogens is 2. The lowest BCUT2D eigenvalue weighted by molar-refractivity contribution is 0.0512. The van der Waals surface area contributed by atoms with Gasteiger partial charge in [-0.05, 0) is 24.6 Å². The lowest BCUT2D eigenvalue weighted by atomic mass is 10.2. The van der Waals surface area contributed by atoms with Crippen molar-refractivity contribution in [2.45, 2.75) is 6.42 Å². The number of fused-ring (bicyclic) bond motifs is 1. The smallest absolute Gasteiger partial charge is 0.413 e. The summed E-state index contributed by atoms with van der Waals surface area (Å²) in [5.74, 6) is -0.176. The molecule has 1 aromatic heterocycles. The summed E-state index contributed by atoms with van der Waals surface area (Å²) in [6.07, 6.45) is 1.65. The molecule has 0 bridgehead atoms. The van der Waals surface area contributed by atoms with Crippen molar-refractivity contribution in [2.75, 3.05) is 19.0 Å². The molecule has 1 aromatic carbocycles. The molecule has 7 nitrogen and oxygen atoms in total. The molecule has 0 unspecified atom stereocenters. The summed E-state index contributed by atoms with van der Waals surface area (Å²) in [6, 6.07) is 4.89. The third-order valence-electron chi connectivity index (χ3n) is 2.68. The van der Waals surface area contributed by atoms with Crippen LogP contribution in [0, 0.1) is 0 Å². The summed E-state index contributed by atoms with van der Waals surface area (Å²) in [7, 11) is 1.26. The van der Waals surface area contributed by atoms with Crippen LogP contribution < -0.4 is 5.32 Å². The van der Waals surface area contributed by atoms with Crippen molar-refractivity contribution in [3.05, 3.63) is 36.4 Å². The molecular weight excluding hydrogens is 274 g/mol. The molecular formula is C14H15N3O4. The Balaban J connectivity index is 2.15. The molecule has 0 saturated carbocycles. The zero-order chi connectivity index (χ0) is 15.2. The lowest BCUT2D eigenvalue weighted by Gasteiger charge is -2.02. The number of hydrogen-bond acceptors (Lipinski definition) is 5. The monoisotopic (exact) mass is 289 g/mol. The minimum atomic E-state index is -0.627. The maximum Gasteiger partial charge on any atom is 0.413 e. The van der Waals surface area contributed by atoms with Gasteiger partial charge in [-0.15, -0.1) is 6.58 Å². The van der Waals surface area contributed by atoms with E-state index in [2.05, 4.69) is 26.6 Å². The fraction of sp³-hybridized carbons (Fsp3) is 0.214. The van der Waals surface area contributed by atoms with Crippen molar-refractivity contribution in [1.29, 1.82) is 0 Å². The molecule has 0 aliphatic heterocycles. The van der Waals surface area contributed by atoms with E-state index in [0.29, 0.717) is 29.6 Å².